The Bertz CT molecular complexity index is 591. The van der Waals surface area contributed by atoms with Gasteiger partial charge in [-0.2, -0.15) is 0 Å². The first kappa shape index (κ1) is 12.1. The molecule has 0 aliphatic carbocycles. The van der Waals surface area contributed by atoms with Gasteiger partial charge in [0.25, 0.3) is 0 Å². The van der Waals surface area contributed by atoms with Gasteiger partial charge in [0.05, 0.1) is 11.4 Å². The van der Waals surface area contributed by atoms with Crippen LogP contribution in [0.1, 0.15) is 5.56 Å². The van der Waals surface area contributed by atoms with E-state index < -0.39 is 10.0 Å². The maximum atomic E-state index is 11.0. The van der Waals surface area contributed by atoms with Crippen LogP contribution in [-0.2, 0) is 10.0 Å². The molecule has 0 unspecified atom stereocenters. The average molecular weight is 236 g/mol. The predicted octanol–water partition coefficient (Wildman–Crippen LogP) is 0.996. The van der Waals surface area contributed by atoms with Crippen molar-refractivity contribution >= 4 is 10.0 Å². The van der Waals surface area contributed by atoms with Crippen LogP contribution in [-0.4, -0.2) is 15.0 Å². The molecule has 1 aromatic rings. The first-order valence-corrected chi connectivity index (χ1v) is 5.71. The third-order valence-electron chi connectivity index (χ3n) is 1.61. The molecule has 0 spiro atoms. The van der Waals surface area contributed by atoms with Crippen molar-refractivity contribution in [3.63, 3.8) is 0 Å². The van der Waals surface area contributed by atoms with Crippen LogP contribution in [0.2, 0.25) is 0 Å². The summed E-state index contributed by atoms with van der Waals surface area (Å²) in [6.07, 6.45) is 0. The van der Waals surface area contributed by atoms with Gasteiger partial charge in [0, 0.05) is 10.5 Å². The number of benzene rings is 1. The van der Waals surface area contributed by atoms with Crippen LogP contribution in [0.15, 0.2) is 34.3 Å². The molecule has 0 aromatic heterocycles. The van der Waals surface area contributed by atoms with Crippen LogP contribution in [0.3, 0.4) is 0 Å². The van der Waals surface area contributed by atoms with Gasteiger partial charge < -0.3 is 0 Å². The molecule has 0 atom stereocenters. The van der Waals surface area contributed by atoms with Crippen molar-refractivity contribution in [3.8, 4) is 11.8 Å². The van der Waals surface area contributed by atoms with Gasteiger partial charge in [0.1, 0.15) is 0 Å². The Morgan fingerprint density at radius 3 is 2.88 bits per heavy atom. The summed E-state index contributed by atoms with van der Waals surface area (Å²) >= 11 is 0. The van der Waals surface area contributed by atoms with E-state index in [1.165, 1.54) is 18.2 Å². The maximum Gasteiger partial charge on any atom is 0.238 e. The van der Waals surface area contributed by atoms with Crippen LogP contribution >= 0.6 is 0 Å². The van der Waals surface area contributed by atoms with Crippen molar-refractivity contribution in [1.82, 2.24) is 0 Å². The molecule has 0 aliphatic heterocycles. The highest BCUT2D eigenvalue weighted by Crippen LogP contribution is 2.08. The highest BCUT2D eigenvalue weighted by atomic mass is 32.2. The zero-order chi connectivity index (χ0) is 12.0. The number of nitrogens with two attached hydrogens (primary N) is 1. The van der Waals surface area contributed by atoms with E-state index in [1.807, 2.05) is 0 Å². The number of hydrogen-bond donors (Lipinski definition) is 1. The van der Waals surface area contributed by atoms with Gasteiger partial charge >= 0.3 is 0 Å². The highest BCUT2D eigenvalue weighted by molar-refractivity contribution is 7.89. The number of nitrogens with zero attached hydrogens (tertiary/aromatic N) is 3. The van der Waals surface area contributed by atoms with E-state index in [-0.39, 0.29) is 11.4 Å². The molecule has 0 radical (unpaired) electrons. The SMILES string of the molecule is [N-]=[N+]=NCC#Cc1cccc(S(N)(=O)=O)c1. The van der Waals surface area contributed by atoms with E-state index in [2.05, 4.69) is 21.9 Å². The molecule has 0 amide bonds. The first-order chi connectivity index (χ1) is 7.54. The van der Waals surface area contributed by atoms with Gasteiger partial charge in [-0.25, -0.2) is 13.6 Å². The van der Waals surface area contributed by atoms with Crippen molar-refractivity contribution in [3.05, 3.63) is 40.3 Å². The van der Waals surface area contributed by atoms with E-state index in [0.29, 0.717) is 5.56 Å². The molecule has 7 heteroatoms. The Morgan fingerprint density at radius 2 is 2.25 bits per heavy atom. The molecule has 0 fully saturated rings. The average Bonchev–Trinajstić information content (AvgIpc) is 2.24. The minimum absolute atomic E-state index is 0.00286. The van der Waals surface area contributed by atoms with Gasteiger partial charge in [-0.3, -0.25) is 0 Å². The third kappa shape index (κ3) is 3.63. The Labute approximate surface area is 92.8 Å². The van der Waals surface area contributed by atoms with Gasteiger partial charge in [-0.05, 0) is 23.7 Å². The second kappa shape index (κ2) is 5.19. The lowest BCUT2D eigenvalue weighted by Gasteiger charge is -1.97. The molecule has 16 heavy (non-hydrogen) atoms. The fourth-order valence-corrected chi connectivity index (χ4v) is 1.52. The van der Waals surface area contributed by atoms with Gasteiger partial charge in [-0.15, -0.1) is 0 Å². The number of primary sulfonamides is 1. The summed E-state index contributed by atoms with van der Waals surface area (Å²) in [6.45, 7) is 0.0378. The number of rotatable bonds is 2. The molecule has 1 rings (SSSR count). The molecule has 0 saturated carbocycles. The van der Waals surface area contributed by atoms with E-state index in [9.17, 15) is 8.42 Å². The van der Waals surface area contributed by atoms with E-state index in [0.717, 1.165) is 0 Å². The molecular formula is C9H8N4O2S. The topological polar surface area (TPSA) is 109 Å². The Kier molecular flexibility index (Phi) is 3.91. The van der Waals surface area contributed by atoms with E-state index in [4.69, 9.17) is 10.7 Å². The van der Waals surface area contributed by atoms with Crippen molar-refractivity contribution in [1.29, 1.82) is 0 Å². The molecule has 6 nitrogen and oxygen atoms in total. The maximum absolute atomic E-state index is 11.0. The summed E-state index contributed by atoms with van der Waals surface area (Å²) < 4.78 is 22.0. The Hall–Kier alpha value is -2.00. The second-order valence-corrected chi connectivity index (χ2v) is 4.33. The summed E-state index contributed by atoms with van der Waals surface area (Å²) in [6, 6.07) is 5.92. The summed E-state index contributed by atoms with van der Waals surface area (Å²) in [4.78, 5) is 2.53. The van der Waals surface area contributed by atoms with Crippen molar-refractivity contribution in [2.75, 3.05) is 6.54 Å². The van der Waals surface area contributed by atoms with Crippen LogP contribution in [0.5, 0.6) is 0 Å². The van der Waals surface area contributed by atoms with Crippen LogP contribution in [0, 0.1) is 11.8 Å². The Balaban J connectivity index is 2.98. The normalized spacial score (nSPS) is 9.81. The number of hydrogen-bond acceptors (Lipinski definition) is 3. The standard InChI is InChI=1S/C9H8N4O2S/c10-13-12-6-2-4-8-3-1-5-9(7-8)16(11,14)15/h1,3,5,7H,6H2,(H2,11,14,15). The lowest BCUT2D eigenvalue weighted by molar-refractivity contribution is 0.598. The van der Waals surface area contributed by atoms with Crippen LogP contribution in [0.25, 0.3) is 10.4 Å². The van der Waals surface area contributed by atoms with Crippen LogP contribution in [0.4, 0.5) is 0 Å². The minimum Gasteiger partial charge on any atom is -0.225 e. The summed E-state index contributed by atoms with van der Waals surface area (Å²) in [7, 11) is -3.71. The lowest BCUT2D eigenvalue weighted by Crippen LogP contribution is -2.11. The van der Waals surface area contributed by atoms with E-state index >= 15 is 0 Å². The molecule has 1 aromatic carbocycles. The number of azide groups is 1. The van der Waals surface area contributed by atoms with Gasteiger partial charge in [0.15, 0.2) is 0 Å². The molecule has 0 saturated heterocycles. The van der Waals surface area contributed by atoms with Crippen molar-refractivity contribution < 1.29 is 8.42 Å². The quantitative estimate of drug-likeness (QED) is 0.357. The highest BCUT2D eigenvalue weighted by Gasteiger charge is 2.06. The monoisotopic (exact) mass is 236 g/mol. The molecular weight excluding hydrogens is 228 g/mol. The predicted molar refractivity (Wildman–Crippen MR) is 58.7 cm³/mol. The van der Waals surface area contributed by atoms with Gasteiger partial charge in [0.2, 0.25) is 10.0 Å². The minimum atomic E-state index is -3.71. The summed E-state index contributed by atoms with van der Waals surface area (Å²) in [5, 5.41) is 8.18. The molecule has 82 valence electrons. The molecule has 2 N–H and O–H groups in total. The number of sulfonamides is 1. The summed E-state index contributed by atoms with van der Waals surface area (Å²) in [5.41, 5.74) is 8.51. The first-order valence-electron chi connectivity index (χ1n) is 4.16. The third-order valence-corrected chi connectivity index (χ3v) is 2.52. The second-order valence-electron chi connectivity index (χ2n) is 2.76. The fraction of sp³-hybridized carbons (Fsp3) is 0.111. The molecule has 0 aliphatic rings. The zero-order valence-corrected chi connectivity index (χ0v) is 8.98. The lowest BCUT2D eigenvalue weighted by atomic mass is 10.2. The molecule has 0 heterocycles. The fourth-order valence-electron chi connectivity index (χ4n) is 0.959. The summed E-state index contributed by atoms with van der Waals surface area (Å²) in [5.74, 6) is 5.23. The van der Waals surface area contributed by atoms with Crippen molar-refractivity contribution in [2.24, 2.45) is 10.3 Å². The van der Waals surface area contributed by atoms with Gasteiger partial charge in [-0.1, -0.05) is 23.0 Å². The molecule has 0 bridgehead atoms. The Morgan fingerprint density at radius 1 is 1.50 bits per heavy atom. The largest absolute Gasteiger partial charge is 0.238 e. The smallest absolute Gasteiger partial charge is 0.225 e. The van der Waals surface area contributed by atoms with Crippen molar-refractivity contribution in [2.45, 2.75) is 4.90 Å². The van der Waals surface area contributed by atoms with Crippen LogP contribution < -0.4 is 5.14 Å². The zero-order valence-electron chi connectivity index (χ0n) is 8.16. The van der Waals surface area contributed by atoms with E-state index in [1.54, 1.807) is 6.07 Å².